The van der Waals surface area contributed by atoms with Crippen molar-refractivity contribution in [3.05, 3.63) is 35.4 Å². The molecule has 2 atom stereocenters. The number of hydrogen-bond donors (Lipinski definition) is 1. The molecule has 0 saturated carbocycles. The molecule has 6 heteroatoms. The molecule has 0 aromatic heterocycles. The van der Waals surface area contributed by atoms with Crippen LogP contribution in [0.3, 0.4) is 0 Å². The molecule has 160 valence electrons. The Bertz CT molecular complexity index is 721. The van der Waals surface area contributed by atoms with Crippen LogP contribution in [0, 0.1) is 0 Å². The molecule has 5 nitrogen and oxygen atoms in total. The van der Waals surface area contributed by atoms with E-state index in [1.807, 2.05) is 18.7 Å². The van der Waals surface area contributed by atoms with Crippen LogP contribution < -0.4 is 4.90 Å². The summed E-state index contributed by atoms with van der Waals surface area (Å²) in [7, 11) is 0. The minimum absolute atomic E-state index is 0.0105. The lowest BCUT2D eigenvalue weighted by Crippen LogP contribution is -3.15. The van der Waals surface area contributed by atoms with Gasteiger partial charge in [0.05, 0.1) is 44.5 Å². The van der Waals surface area contributed by atoms with Gasteiger partial charge in [0.25, 0.3) is 0 Å². The second kappa shape index (κ2) is 9.09. The number of carbonyl (C=O) groups is 2. The van der Waals surface area contributed by atoms with E-state index in [1.165, 1.54) is 16.0 Å². The van der Waals surface area contributed by atoms with E-state index in [-0.39, 0.29) is 27.9 Å². The highest BCUT2D eigenvalue weighted by Gasteiger charge is 2.39. The molecule has 2 heterocycles. The molecule has 0 aliphatic carbocycles. The van der Waals surface area contributed by atoms with Crippen molar-refractivity contribution < 1.29 is 14.5 Å². The summed E-state index contributed by atoms with van der Waals surface area (Å²) < 4.78 is 0. The Hall–Kier alpha value is -1.53. The predicted molar refractivity (Wildman–Crippen MR) is 119 cm³/mol. The quantitative estimate of drug-likeness (QED) is 0.796. The molecular weight excluding hydrogens is 382 g/mol. The zero-order valence-corrected chi connectivity index (χ0v) is 19.3. The Kier molecular flexibility index (Phi) is 6.94. The van der Waals surface area contributed by atoms with Gasteiger partial charge < -0.3 is 14.7 Å². The molecule has 2 saturated heterocycles. The first kappa shape index (κ1) is 22.2. The Morgan fingerprint density at radius 3 is 2.34 bits per heavy atom. The lowest BCUT2D eigenvalue weighted by Gasteiger charge is -2.33. The molecular formula is C23H36N3O2S+. The number of nitrogens with zero attached hydrogens (tertiary/aromatic N) is 2. The summed E-state index contributed by atoms with van der Waals surface area (Å²) in [4.78, 5) is 30.2. The van der Waals surface area contributed by atoms with E-state index in [2.05, 4.69) is 49.9 Å². The summed E-state index contributed by atoms with van der Waals surface area (Å²) in [5.74, 6) is 0.502. The fourth-order valence-corrected chi connectivity index (χ4v) is 5.44. The first-order valence-electron chi connectivity index (χ1n) is 10.9. The molecule has 29 heavy (non-hydrogen) atoms. The number of hydrogen-bond acceptors (Lipinski definition) is 3. The maximum atomic E-state index is 12.8. The van der Waals surface area contributed by atoms with Crippen molar-refractivity contribution in [2.75, 3.05) is 39.3 Å². The highest BCUT2D eigenvalue weighted by atomic mass is 32.2. The molecule has 1 N–H and O–H groups in total. The first-order valence-corrected chi connectivity index (χ1v) is 11.8. The van der Waals surface area contributed by atoms with Crippen LogP contribution in [0.2, 0.25) is 0 Å². The van der Waals surface area contributed by atoms with E-state index in [0.29, 0.717) is 6.42 Å². The van der Waals surface area contributed by atoms with Gasteiger partial charge in [-0.1, -0.05) is 52.0 Å². The van der Waals surface area contributed by atoms with Crippen molar-refractivity contribution in [3.63, 3.8) is 0 Å². The molecule has 2 aliphatic heterocycles. The average Bonchev–Trinajstić information content (AvgIpc) is 2.99. The van der Waals surface area contributed by atoms with Gasteiger partial charge in [0.1, 0.15) is 5.37 Å². The number of amides is 2. The van der Waals surface area contributed by atoms with E-state index in [0.717, 1.165) is 39.3 Å². The molecule has 0 unspecified atom stereocenters. The summed E-state index contributed by atoms with van der Waals surface area (Å²) in [5, 5.41) is 0.116. The summed E-state index contributed by atoms with van der Waals surface area (Å²) in [6.07, 6.45) is 0.586. The third kappa shape index (κ3) is 5.15. The average molecular weight is 419 g/mol. The standard InChI is InChI=1S/C23H35N3O2S/c1-6-20(27)25-14-11-24(12-15-25)13-16-26-21(28)17(2)29-22(26)18-7-9-19(10-8-18)23(3,4)5/h7-10,17,22H,6,11-16H2,1-5H3/p+1/t17-,22+/m1/s1. The first-order chi connectivity index (χ1) is 13.7. The summed E-state index contributed by atoms with van der Waals surface area (Å²) in [6.45, 7) is 15.9. The predicted octanol–water partition coefficient (Wildman–Crippen LogP) is 2.08. The number of nitrogens with one attached hydrogen (secondary N) is 1. The number of quaternary nitrogens is 1. The Morgan fingerprint density at radius 1 is 1.17 bits per heavy atom. The van der Waals surface area contributed by atoms with Crippen LogP contribution in [0.4, 0.5) is 0 Å². The van der Waals surface area contributed by atoms with Gasteiger partial charge in [-0.25, -0.2) is 0 Å². The fraction of sp³-hybridized carbons (Fsp3) is 0.652. The zero-order chi connectivity index (χ0) is 21.2. The Balaban J connectivity index is 1.61. The Morgan fingerprint density at radius 2 is 1.79 bits per heavy atom. The van der Waals surface area contributed by atoms with Crippen LogP contribution in [0.15, 0.2) is 24.3 Å². The van der Waals surface area contributed by atoms with Crippen LogP contribution in [0.1, 0.15) is 57.5 Å². The summed E-state index contributed by atoms with van der Waals surface area (Å²) in [5.41, 5.74) is 2.67. The van der Waals surface area contributed by atoms with E-state index in [9.17, 15) is 9.59 Å². The second-order valence-corrected chi connectivity index (χ2v) is 10.7. The van der Waals surface area contributed by atoms with Crippen molar-refractivity contribution in [2.45, 2.75) is 57.1 Å². The van der Waals surface area contributed by atoms with Gasteiger partial charge >= 0.3 is 0 Å². The third-order valence-electron chi connectivity index (χ3n) is 6.14. The summed E-state index contributed by atoms with van der Waals surface area (Å²) in [6, 6.07) is 8.80. The van der Waals surface area contributed by atoms with Gasteiger partial charge in [-0.15, -0.1) is 11.8 Å². The molecule has 2 aliphatic rings. The molecule has 3 rings (SSSR count). The third-order valence-corrected chi connectivity index (χ3v) is 7.54. The van der Waals surface area contributed by atoms with Gasteiger partial charge in [0.15, 0.2) is 0 Å². The minimum atomic E-state index is 0.0105. The number of benzene rings is 1. The van der Waals surface area contributed by atoms with Gasteiger partial charge in [0.2, 0.25) is 11.8 Å². The van der Waals surface area contributed by atoms with E-state index in [4.69, 9.17) is 0 Å². The van der Waals surface area contributed by atoms with Crippen molar-refractivity contribution in [2.24, 2.45) is 0 Å². The number of piperazine rings is 1. The number of thioether (sulfide) groups is 1. The minimum Gasteiger partial charge on any atom is -0.331 e. The topological polar surface area (TPSA) is 45.1 Å². The van der Waals surface area contributed by atoms with Crippen LogP contribution in [0.25, 0.3) is 0 Å². The van der Waals surface area contributed by atoms with Crippen LogP contribution in [0.5, 0.6) is 0 Å². The monoisotopic (exact) mass is 418 g/mol. The largest absolute Gasteiger partial charge is 0.331 e. The molecule has 0 spiro atoms. The number of carbonyl (C=O) groups excluding carboxylic acids is 2. The highest BCUT2D eigenvalue weighted by molar-refractivity contribution is 8.01. The molecule has 2 fully saturated rings. The Labute approximate surface area is 179 Å². The number of rotatable bonds is 5. The van der Waals surface area contributed by atoms with Gasteiger partial charge in [-0.2, -0.15) is 0 Å². The van der Waals surface area contributed by atoms with Gasteiger partial charge in [0, 0.05) is 6.42 Å². The maximum absolute atomic E-state index is 12.8. The van der Waals surface area contributed by atoms with Crippen LogP contribution >= 0.6 is 11.8 Å². The van der Waals surface area contributed by atoms with E-state index >= 15 is 0 Å². The lowest BCUT2D eigenvalue weighted by molar-refractivity contribution is -0.903. The molecule has 0 radical (unpaired) electrons. The smallest absolute Gasteiger partial charge is 0.236 e. The molecule has 0 bridgehead atoms. The van der Waals surface area contributed by atoms with Gasteiger partial charge in [-0.3, -0.25) is 9.59 Å². The van der Waals surface area contributed by atoms with Gasteiger partial charge in [-0.05, 0) is 23.5 Å². The molecule has 1 aromatic carbocycles. The van der Waals surface area contributed by atoms with Crippen molar-refractivity contribution in [1.82, 2.24) is 9.80 Å². The molecule has 1 aromatic rings. The lowest BCUT2D eigenvalue weighted by atomic mass is 9.86. The SMILES string of the molecule is CCC(=O)N1CC[NH+](CCN2C(=O)[C@@H](C)S[C@H]2c2ccc(C(C)(C)C)cc2)CC1. The normalized spacial score (nSPS) is 23.7. The highest BCUT2D eigenvalue weighted by Crippen LogP contribution is 2.42. The van der Waals surface area contributed by atoms with Crippen molar-refractivity contribution in [3.8, 4) is 0 Å². The molecule has 2 amide bonds. The maximum Gasteiger partial charge on any atom is 0.236 e. The van der Waals surface area contributed by atoms with Crippen molar-refractivity contribution in [1.29, 1.82) is 0 Å². The summed E-state index contributed by atoms with van der Waals surface area (Å²) >= 11 is 1.76. The fourth-order valence-electron chi connectivity index (χ4n) is 4.13. The second-order valence-electron chi connectivity index (χ2n) is 9.27. The van der Waals surface area contributed by atoms with E-state index < -0.39 is 0 Å². The van der Waals surface area contributed by atoms with E-state index in [1.54, 1.807) is 11.8 Å². The van der Waals surface area contributed by atoms with Crippen molar-refractivity contribution >= 4 is 23.6 Å². The van der Waals surface area contributed by atoms with Crippen LogP contribution in [-0.4, -0.2) is 66.1 Å². The van der Waals surface area contributed by atoms with Crippen LogP contribution in [-0.2, 0) is 15.0 Å². The zero-order valence-electron chi connectivity index (χ0n) is 18.5.